The van der Waals surface area contributed by atoms with Crippen molar-refractivity contribution in [3.8, 4) is 0 Å². The monoisotopic (exact) mass is 282 g/mol. The summed E-state index contributed by atoms with van der Waals surface area (Å²) in [6.45, 7) is 3.55. The Bertz CT molecular complexity index is 780. The fourth-order valence-electron chi connectivity index (χ4n) is 2.48. The van der Waals surface area contributed by atoms with Gasteiger partial charge in [-0.15, -0.1) is 0 Å². The van der Waals surface area contributed by atoms with Crippen molar-refractivity contribution in [1.29, 1.82) is 0 Å². The molecule has 21 heavy (non-hydrogen) atoms. The number of amides is 1. The average Bonchev–Trinajstić information content (AvgIpc) is 2.86. The molecular formula is C17H15FN2O. The SMILES string of the molecule is Cc1cc(F)cc(C)c1NC(=O)c1cc2ccccc2[nH]1. The van der Waals surface area contributed by atoms with E-state index in [1.165, 1.54) is 12.1 Å². The van der Waals surface area contributed by atoms with Crippen LogP contribution in [0.3, 0.4) is 0 Å². The van der Waals surface area contributed by atoms with Crippen molar-refractivity contribution in [3.05, 3.63) is 65.1 Å². The van der Waals surface area contributed by atoms with Gasteiger partial charge >= 0.3 is 0 Å². The zero-order valence-electron chi connectivity index (χ0n) is 11.8. The number of aromatic nitrogens is 1. The minimum absolute atomic E-state index is 0.232. The van der Waals surface area contributed by atoms with Crippen molar-refractivity contribution in [2.24, 2.45) is 0 Å². The summed E-state index contributed by atoms with van der Waals surface area (Å²) in [5, 5.41) is 3.83. The van der Waals surface area contributed by atoms with E-state index in [1.54, 1.807) is 19.9 Å². The summed E-state index contributed by atoms with van der Waals surface area (Å²) in [5.41, 5.74) is 3.46. The molecule has 0 saturated heterocycles. The van der Waals surface area contributed by atoms with Crippen LogP contribution in [0.25, 0.3) is 10.9 Å². The quantitative estimate of drug-likeness (QED) is 0.727. The van der Waals surface area contributed by atoms with Gasteiger partial charge in [0.1, 0.15) is 11.5 Å². The molecule has 1 amide bonds. The maximum Gasteiger partial charge on any atom is 0.272 e. The third-order valence-electron chi connectivity index (χ3n) is 3.51. The molecule has 3 nitrogen and oxygen atoms in total. The standard InChI is InChI=1S/C17H15FN2O/c1-10-7-13(18)8-11(2)16(10)20-17(21)15-9-12-5-3-4-6-14(12)19-15/h3-9,19H,1-2H3,(H,20,21). The smallest absolute Gasteiger partial charge is 0.272 e. The van der Waals surface area contributed by atoms with Gasteiger partial charge in [0.15, 0.2) is 0 Å². The van der Waals surface area contributed by atoms with Crippen LogP contribution in [-0.2, 0) is 0 Å². The van der Waals surface area contributed by atoms with Gasteiger partial charge in [0.2, 0.25) is 0 Å². The van der Waals surface area contributed by atoms with Crippen molar-refractivity contribution in [1.82, 2.24) is 4.98 Å². The van der Waals surface area contributed by atoms with E-state index in [4.69, 9.17) is 0 Å². The first-order valence-electron chi connectivity index (χ1n) is 6.70. The molecule has 1 heterocycles. The van der Waals surface area contributed by atoms with Gasteiger partial charge in [-0.1, -0.05) is 18.2 Å². The topological polar surface area (TPSA) is 44.9 Å². The molecule has 2 aromatic carbocycles. The number of carbonyl (C=O) groups excluding carboxylic acids is 1. The van der Waals surface area contributed by atoms with Crippen LogP contribution >= 0.6 is 0 Å². The highest BCUT2D eigenvalue weighted by molar-refractivity contribution is 6.06. The van der Waals surface area contributed by atoms with E-state index < -0.39 is 0 Å². The third kappa shape index (κ3) is 2.52. The molecule has 0 unspecified atom stereocenters. The third-order valence-corrected chi connectivity index (χ3v) is 3.51. The Morgan fingerprint density at radius 2 is 1.76 bits per heavy atom. The van der Waals surface area contributed by atoms with Crippen LogP contribution in [0, 0.1) is 19.7 Å². The van der Waals surface area contributed by atoms with E-state index in [0.29, 0.717) is 22.5 Å². The molecule has 0 saturated carbocycles. The van der Waals surface area contributed by atoms with E-state index in [2.05, 4.69) is 10.3 Å². The van der Waals surface area contributed by atoms with Crippen molar-refractivity contribution >= 4 is 22.5 Å². The Kier molecular flexibility index (Phi) is 3.22. The highest BCUT2D eigenvalue weighted by Crippen LogP contribution is 2.23. The molecule has 3 aromatic rings. The van der Waals surface area contributed by atoms with Crippen molar-refractivity contribution in [2.75, 3.05) is 5.32 Å². The van der Waals surface area contributed by atoms with Crippen LogP contribution in [0.15, 0.2) is 42.5 Å². The van der Waals surface area contributed by atoms with Gasteiger partial charge in [-0.2, -0.15) is 0 Å². The van der Waals surface area contributed by atoms with Gasteiger partial charge in [-0.3, -0.25) is 4.79 Å². The van der Waals surface area contributed by atoms with Crippen molar-refractivity contribution in [2.45, 2.75) is 13.8 Å². The van der Waals surface area contributed by atoms with Crippen molar-refractivity contribution in [3.63, 3.8) is 0 Å². The fourth-order valence-corrected chi connectivity index (χ4v) is 2.48. The van der Waals surface area contributed by atoms with E-state index in [1.807, 2.05) is 24.3 Å². The lowest BCUT2D eigenvalue weighted by atomic mass is 10.1. The summed E-state index contributed by atoms with van der Waals surface area (Å²) in [6.07, 6.45) is 0. The number of fused-ring (bicyclic) bond motifs is 1. The first-order chi connectivity index (χ1) is 10.0. The average molecular weight is 282 g/mol. The van der Waals surface area contributed by atoms with E-state index in [0.717, 1.165) is 10.9 Å². The van der Waals surface area contributed by atoms with Gasteiger partial charge in [-0.25, -0.2) is 4.39 Å². The number of anilines is 1. The highest BCUT2D eigenvalue weighted by atomic mass is 19.1. The van der Waals surface area contributed by atoms with Gasteiger partial charge < -0.3 is 10.3 Å². The van der Waals surface area contributed by atoms with Crippen LogP contribution in [-0.4, -0.2) is 10.9 Å². The Balaban J connectivity index is 1.93. The number of halogens is 1. The first-order valence-corrected chi connectivity index (χ1v) is 6.70. The summed E-state index contributed by atoms with van der Waals surface area (Å²) in [4.78, 5) is 15.4. The Hall–Kier alpha value is -2.62. The highest BCUT2D eigenvalue weighted by Gasteiger charge is 2.13. The molecule has 106 valence electrons. The molecule has 0 radical (unpaired) electrons. The molecule has 0 bridgehead atoms. The normalized spacial score (nSPS) is 10.8. The Labute approximate surface area is 121 Å². The van der Waals surface area contributed by atoms with E-state index >= 15 is 0 Å². The van der Waals surface area contributed by atoms with Crippen molar-refractivity contribution < 1.29 is 9.18 Å². The number of aromatic amines is 1. The van der Waals surface area contributed by atoms with Crippen LogP contribution in [0.4, 0.5) is 10.1 Å². The molecule has 0 aliphatic carbocycles. The molecule has 2 N–H and O–H groups in total. The summed E-state index contributed by atoms with van der Waals surface area (Å²) < 4.78 is 13.3. The number of aryl methyl sites for hydroxylation is 2. The summed E-state index contributed by atoms with van der Waals surface area (Å²) >= 11 is 0. The molecular weight excluding hydrogens is 267 g/mol. The minimum Gasteiger partial charge on any atom is -0.351 e. The zero-order valence-corrected chi connectivity index (χ0v) is 11.8. The number of carbonyl (C=O) groups is 1. The number of rotatable bonds is 2. The lowest BCUT2D eigenvalue weighted by Gasteiger charge is -2.11. The largest absolute Gasteiger partial charge is 0.351 e. The molecule has 0 fully saturated rings. The second-order valence-electron chi connectivity index (χ2n) is 5.14. The second kappa shape index (κ2) is 5.05. The van der Waals surface area contributed by atoms with Gasteiger partial charge in [0.25, 0.3) is 5.91 Å². The zero-order chi connectivity index (χ0) is 15.0. The van der Waals surface area contributed by atoms with Gasteiger partial charge in [0, 0.05) is 16.6 Å². The summed E-state index contributed by atoms with van der Waals surface area (Å²) in [7, 11) is 0. The molecule has 0 aliphatic heterocycles. The van der Waals surface area contributed by atoms with Gasteiger partial charge in [0.05, 0.1) is 0 Å². The maximum absolute atomic E-state index is 13.3. The Morgan fingerprint density at radius 3 is 2.43 bits per heavy atom. The predicted molar refractivity (Wildman–Crippen MR) is 82.1 cm³/mol. The maximum atomic E-state index is 13.3. The summed E-state index contributed by atoms with van der Waals surface area (Å²) in [6, 6.07) is 12.3. The molecule has 0 aliphatic rings. The summed E-state index contributed by atoms with van der Waals surface area (Å²) in [5.74, 6) is -0.530. The number of benzene rings is 2. The van der Waals surface area contributed by atoms with Crippen LogP contribution < -0.4 is 5.32 Å². The number of hydrogen-bond donors (Lipinski definition) is 2. The molecule has 0 spiro atoms. The molecule has 0 atom stereocenters. The number of H-pyrrole nitrogens is 1. The van der Waals surface area contributed by atoms with E-state index in [-0.39, 0.29) is 11.7 Å². The van der Waals surface area contributed by atoms with Crippen LogP contribution in [0.1, 0.15) is 21.6 Å². The van der Waals surface area contributed by atoms with Crippen LogP contribution in [0.2, 0.25) is 0 Å². The fraction of sp³-hybridized carbons (Fsp3) is 0.118. The lowest BCUT2D eigenvalue weighted by molar-refractivity contribution is 0.102. The van der Waals surface area contributed by atoms with E-state index in [9.17, 15) is 9.18 Å². The predicted octanol–water partition coefficient (Wildman–Crippen LogP) is 4.18. The first kappa shape index (κ1) is 13.4. The number of para-hydroxylation sites is 1. The lowest BCUT2D eigenvalue weighted by Crippen LogP contribution is -2.14. The van der Waals surface area contributed by atoms with Crippen LogP contribution in [0.5, 0.6) is 0 Å². The molecule has 4 heteroatoms. The molecule has 3 rings (SSSR count). The number of nitrogens with one attached hydrogen (secondary N) is 2. The second-order valence-corrected chi connectivity index (χ2v) is 5.14. The van der Waals surface area contributed by atoms with Gasteiger partial charge in [-0.05, 0) is 49.2 Å². The molecule has 1 aromatic heterocycles. The number of hydrogen-bond acceptors (Lipinski definition) is 1. The minimum atomic E-state index is -0.298. The Morgan fingerprint density at radius 1 is 1.10 bits per heavy atom.